The van der Waals surface area contributed by atoms with Crippen LogP contribution in [0.5, 0.6) is 0 Å². The van der Waals surface area contributed by atoms with Crippen molar-refractivity contribution < 1.29 is 13.7 Å². The topological polar surface area (TPSA) is 94.3 Å². The Bertz CT molecular complexity index is 1180. The number of halogens is 1. The van der Waals surface area contributed by atoms with Crippen molar-refractivity contribution in [3.8, 4) is 22.8 Å². The third-order valence-corrected chi connectivity index (χ3v) is 4.66. The molecule has 0 bridgehead atoms. The lowest BCUT2D eigenvalue weighted by atomic mass is 10.1. The first-order valence-electron chi connectivity index (χ1n) is 8.96. The number of aromatic nitrogens is 1. The highest BCUT2D eigenvalue weighted by molar-refractivity contribution is 6.30. The lowest BCUT2D eigenvalue weighted by molar-refractivity contribution is 0.0952. The predicted molar refractivity (Wildman–Crippen MR) is 111 cm³/mol. The minimum Gasteiger partial charge on any atom is -0.454 e. The van der Waals surface area contributed by atoms with E-state index in [1.54, 1.807) is 24.3 Å². The Labute approximate surface area is 172 Å². The molecule has 0 aliphatic carbocycles. The second kappa shape index (κ2) is 7.85. The average Bonchev–Trinajstić information content (AvgIpc) is 3.33. The molecule has 6 nitrogen and oxygen atoms in total. The summed E-state index contributed by atoms with van der Waals surface area (Å²) in [6.07, 6.45) is 0. The van der Waals surface area contributed by atoms with E-state index in [9.17, 15) is 4.79 Å². The minimum atomic E-state index is -0.388. The first-order valence-corrected chi connectivity index (χ1v) is 9.34. The van der Waals surface area contributed by atoms with Gasteiger partial charge in [-0.15, -0.1) is 0 Å². The average molecular weight is 408 g/mol. The maximum atomic E-state index is 12.8. The summed E-state index contributed by atoms with van der Waals surface area (Å²) in [6.45, 7) is 2.35. The van der Waals surface area contributed by atoms with Crippen molar-refractivity contribution in [1.29, 1.82) is 0 Å². The number of nitrogens with one attached hydrogen (secondary N) is 1. The Hall–Kier alpha value is -3.51. The molecule has 0 aliphatic rings. The highest BCUT2D eigenvalue weighted by atomic mass is 35.5. The molecule has 1 amide bonds. The molecule has 0 aliphatic heterocycles. The van der Waals surface area contributed by atoms with Crippen LogP contribution in [-0.4, -0.2) is 11.1 Å². The number of amides is 1. The lowest BCUT2D eigenvalue weighted by Crippen LogP contribution is -2.23. The van der Waals surface area contributed by atoms with Gasteiger partial charge in [0.15, 0.2) is 11.5 Å². The Kier molecular flexibility index (Phi) is 5.10. The summed E-state index contributed by atoms with van der Waals surface area (Å²) in [7, 11) is 0. The smallest absolute Gasteiger partial charge is 0.259 e. The van der Waals surface area contributed by atoms with Crippen molar-refractivity contribution in [1.82, 2.24) is 10.5 Å². The zero-order valence-corrected chi connectivity index (χ0v) is 16.4. The summed E-state index contributed by atoms with van der Waals surface area (Å²) in [5.41, 5.74) is 9.16. The number of furan rings is 1. The molecule has 146 valence electrons. The zero-order valence-electron chi connectivity index (χ0n) is 15.6. The summed E-state index contributed by atoms with van der Waals surface area (Å²) in [4.78, 5) is 12.8. The summed E-state index contributed by atoms with van der Waals surface area (Å²) in [5.74, 6) is 0.514. The van der Waals surface area contributed by atoms with Crippen LogP contribution in [0.4, 0.5) is 5.88 Å². The second-order valence-corrected chi connectivity index (χ2v) is 7.05. The number of anilines is 1. The highest BCUT2D eigenvalue weighted by Crippen LogP contribution is 2.32. The fraction of sp³-hybridized carbons (Fsp3) is 0.0909. The van der Waals surface area contributed by atoms with Gasteiger partial charge in [0.25, 0.3) is 5.91 Å². The number of hydrogen-bond acceptors (Lipinski definition) is 5. The molecule has 2 aromatic carbocycles. The first-order chi connectivity index (χ1) is 14.0. The Morgan fingerprint density at radius 3 is 2.69 bits per heavy atom. The molecule has 0 spiro atoms. The summed E-state index contributed by atoms with van der Waals surface area (Å²) in [5, 5.41) is 7.37. The van der Waals surface area contributed by atoms with E-state index < -0.39 is 0 Å². The van der Waals surface area contributed by atoms with Crippen molar-refractivity contribution in [2.45, 2.75) is 13.5 Å². The number of nitrogens with two attached hydrogens (primary N) is 1. The van der Waals surface area contributed by atoms with Crippen LogP contribution in [0.25, 0.3) is 22.8 Å². The first kappa shape index (κ1) is 18.8. The van der Waals surface area contributed by atoms with Crippen LogP contribution in [0.15, 0.2) is 69.6 Å². The monoisotopic (exact) mass is 407 g/mol. The standard InChI is InChI=1S/C22H18ClN3O3/c1-13-4-2-5-14(10-13)12-25-22(27)19-20(26-29-21(19)24)18-9-8-17(28-18)15-6-3-7-16(23)11-15/h2-11H,12,24H2,1H3,(H,25,27). The molecule has 0 fully saturated rings. The molecule has 2 heterocycles. The maximum Gasteiger partial charge on any atom is 0.259 e. The largest absolute Gasteiger partial charge is 0.454 e. The number of nitrogens with zero attached hydrogens (tertiary/aromatic N) is 1. The maximum absolute atomic E-state index is 12.8. The zero-order chi connectivity index (χ0) is 20.4. The molecule has 0 unspecified atom stereocenters. The van der Waals surface area contributed by atoms with Gasteiger partial charge in [0.05, 0.1) is 0 Å². The molecular weight excluding hydrogens is 390 g/mol. The molecule has 0 saturated carbocycles. The van der Waals surface area contributed by atoms with E-state index in [1.165, 1.54) is 0 Å². The summed E-state index contributed by atoms with van der Waals surface area (Å²) >= 11 is 6.05. The molecule has 0 atom stereocenters. The number of benzene rings is 2. The molecule has 0 saturated heterocycles. The van der Waals surface area contributed by atoms with Crippen molar-refractivity contribution in [3.05, 3.63) is 82.4 Å². The molecule has 4 aromatic rings. The summed E-state index contributed by atoms with van der Waals surface area (Å²) < 4.78 is 10.9. The number of nitrogen functional groups attached to an aromatic ring is 1. The van der Waals surface area contributed by atoms with Crippen LogP contribution < -0.4 is 11.1 Å². The predicted octanol–water partition coefficient (Wildman–Crippen LogP) is 5.08. The number of aryl methyl sites for hydroxylation is 1. The number of carbonyl (C=O) groups is 1. The summed E-state index contributed by atoms with van der Waals surface area (Å²) in [6, 6.07) is 18.6. The third kappa shape index (κ3) is 4.02. The molecule has 0 radical (unpaired) electrons. The molecule has 7 heteroatoms. The Morgan fingerprint density at radius 2 is 1.90 bits per heavy atom. The molecule has 3 N–H and O–H groups in total. The number of rotatable bonds is 5. The van der Waals surface area contributed by atoms with Crippen molar-refractivity contribution >= 4 is 23.4 Å². The van der Waals surface area contributed by atoms with E-state index in [0.29, 0.717) is 23.1 Å². The van der Waals surface area contributed by atoms with Gasteiger partial charge in [0.1, 0.15) is 11.3 Å². The van der Waals surface area contributed by atoms with Crippen molar-refractivity contribution in [2.75, 3.05) is 5.73 Å². The van der Waals surface area contributed by atoms with Crippen molar-refractivity contribution in [3.63, 3.8) is 0 Å². The Balaban J connectivity index is 1.58. The lowest BCUT2D eigenvalue weighted by Gasteiger charge is -2.06. The second-order valence-electron chi connectivity index (χ2n) is 6.62. The molecule has 29 heavy (non-hydrogen) atoms. The normalized spacial score (nSPS) is 10.8. The van der Waals surface area contributed by atoms with Gasteiger partial charge in [-0.25, -0.2) is 0 Å². The van der Waals surface area contributed by atoms with Crippen molar-refractivity contribution in [2.24, 2.45) is 0 Å². The van der Waals surface area contributed by atoms with Gasteiger partial charge in [0.2, 0.25) is 5.88 Å². The third-order valence-electron chi connectivity index (χ3n) is 4.43. The Morgan fingerprint density at radius 1 is 1.10 bits per heavy atom. The van der Waals surface area contributed by atoms with Crippen LogP contribution in [0, 0.1) is 6.92 Å². The fourth-order valence-electron chi connectivity index (χ4n) is 3.05. The van der Waals surface area contributed by atoms with Crippen LogP contribution in [-0.2, 0) is 6.54 Å². The van der Waals surface area contributed by atoms with Crippen LogP contribution in [0.3, 0.4) is 0 Å². The number of hydrogen-bond donors (Lipinski definition) is 2. The number of carbonyl (C=O) groups excluding carboxylic acids is 1. The van der Waals surface area contributed by atoms with Crippen LogP contribution in [0.2, 0.25) is 5.02 Å². The van der Waals surface area contributed by atoms with Gasteiger partial charge in [-0.05, 0) is 36.8 Å². The van der Waals surface area contributed by atoms with Crippen LogP contribution in [0.1, 0.15) is 21.5 Å². The van der Waals surface area contributed by atoms with Gasteiger partial charge in [-0.3, -0.25) is 4.79 Å². The molecule has 2 aromatic heterocycles. The van der Waals surface area contributed by atoms with E-state index in [1.807, 2.05) is 43.3 Å². The highest BCUT2D eigenvalue weighted by Gasteiger charge is 2.24. The van der Waals surface area contributed by atoms with E-state index in [-0.39, 0.29) is 23.0 Å². The molecular formula is C22H18ClN3O3. The SMILES string of the molecule is Cc1cccc(CNC(=O)c2c(-c3ccc(-c4cccc(Cl)c4)o3)noc2N)c1. The molecule has 4 rings (SSSR count). The van der Waals surface area contributed by atoms with Crippen LogP contribution >= 0.6 is 11.6 Å². The van der Waals surface area contributed by atoms with Gasteiger partial charge in [-0.2, -0.15) is 0 Å². The van der Waals surface area contributed by atoms with Gasteiger partial charge >= 0.3 is 0 Å². The fourth-order valence-corrected chi connectivity index (χ4v) is 3.24. The quantitative estimate of drug-likeness (QED) is 0.481. The van der Waals surface area contributed by atoms with E-state index in [0.717, 1.165) is 16.7 Å². The van der Waals surface area contributed by atoms with E-state index in [2.05, 4.69) is 10.5 Å². The van der Waals surface area contributed by atoms with Gasteiger partial charge in [-0.1, -0.05) is 58.7 Å². The minimum absolute atomic E-state index is 0.0672. The van der Waals surface area contributed by atoms with Gasteiger partial charge < -0.3 is 20.0 Å². The van der Waals surface area contributed by atoms with Gasteiger partial charge in [0, 0.05) is 17.1 Å². The van der Waals surface area contributed by atoms with E-state index >= 15 is 0 Å². The van der Waals surface area contributed by atoms with E-state index in [4.69, 9.17) is 26.3 Å².